The standard InChI is InChI=1S/C11H20N2O/c1-3-5-11(4-2,10-12)13-6-8-14-9-7-13/h3-9H2,1-2H3. The molecule has 0 amide bonds. The molecule has 1 atom stereocenters. The third-order valence-corrected chi connectivity index (χ3v) is 3.07. The van der Waals surface area contributed by atoms with Crippen molar-refractivity contribution in [3.05, 3.63) is 0 Å². The van der Waals surface area contributed by atoms with Gasteiger partial charge in [-0.1, -0.05) is 20.3 Å². The lowest BCUT2D eigenvalue weighted by molar-refractivity contribution is -0.00757. The van der Waals surface area contributed by atoms with Crippen molar-refractivity contribution in [2.45, 2.75) is 38.6 Å². The van der Waals surface area contributed by atoms with Gasteiger partial charge < -0.3 is 4.74 Å². The van der Waals surface area contributed by atoms with Crippen molar-refractivity contribution in [3.63, 3.8) is 0 Å². The zero-order valence-corrected chi connectivity index (χ0v) is 9.25. The van der Waals surface area contributed by atoms with Crippen molar-refractivity contribution in [2.24, 2.45) is 0 Å². The van der Waals surface area contributed by atoms with Crippen LogP contribution in [0.4, 0.5) is 0 Å². The monoisotopic (exact) mass is 196 g/mol. The summed E-state index contributed by atoms with van der Waals surface area (Å²) in [5.74, 6) is 0. The number of nitrogens with zero attached hydrogens (tertiary/aromatic N) is 2. The molecular formula is C11H20N2O. The van der Waals surface area contributed by atoms with E-state index in [1.165, 1.54) is 0 Å². The minimum Gasteiger partial charge on any atom is -0.379 e. The Balaban J connectivity index is 2.69. The zero-order chi connectivity index (χ0) is 10.4. The van der Waals surface area contributed by atoms with Gasteiger partial charge in [0.25, 0.3) is 0 Å². The van der Waals surface area contributed by atoms with Crippen LogP contribution in [0.3, 0.4) is 0 Å². The Hall–Kier alpha value is -0.590. The minimum atomic E-state index is -0.238. The highest BCUT2D eigenvalue weighted by Crippen LogP contribution is 2.25. The highest BCUT2D eigenvalue weighted by atomic mass is 16.5. The molecule has 1 saturated heterocycles. The molecule has 1 unspecified atom stereocenters. The average molecular weight is 196 g/mol. The van der Waals surface area contributed by atoms with Crippen LogP contribution < -0.4 is 0 Å². The summed E-state index contributed by atoms with van der Waals surface area (Å²) in [7, 11) is 0. The molecule has 1 heterocycles. The molecule has 0 N–H and O–H groups in total. The molecule has 3 heteroatoms. The quantitative estimate of drug-likeness (QED) is 0.687. The topological polar surface area (TPSA) is 36.3 Å². The van der Waals surface area contributed by atoms with Crippen LogP contribution in [0.15, 0.2) is 0 Å². The van der Waals surface area contributed by atoms with Gasteiger partial charge in [-0.05, 0) is 12.8 Å². The Kier molecular flexibility index (Phi) is 4.37. The summed E-state index contributed by atoms with van der Waals surface area (Å²) in [5.41, 5.74) is -0.238. The number of hydrogen-bond acceptors (Lipinski definition) is 3. The van der Waals surface area contributed by atoms with Gasteiger partial charge in [0, 0.05) is 13.1 Å². The molecule has 0 radical (unpaired) electrons. The molecule has 1 aliphatic heterocycles. The molecule has 0 aliphatic carbocycles. The van der Waals surface area contributed by atoms with E-state index in [9.17, 15) is 5.26 Å². The van der Waals surface area contributed by atoms with Crippen LogP contribution in [0.1, 0.15) is 33.1 Å². The molecule has 80 valence electrons. The fourth-order valence-corrected chi connectivity index (χ4v) is 2.17. The van der Waals surface area contributed by atoms with Crippen LogP contribution in [0, 0.1) is 11.3 Å². The molecule has 0 spiro atoms. The predicted molar refractivity (Wildman–Crippen MR) is 55.9 cm³/mol. The van der Waals surface area contributed by atoms with E-state index < -0.39 is 0 Å². The molecular weight excluding hydrogens is 176 g/mol. The van der Waals surface area contributed by atoms with Gasteiger partial charge in [0.1, 0.15) is 5.54 Å². The normalized spacial score (nSPS) is 22.6. The zero-order valence-electron chi connectivity index (χ0n) is 9.25. The van der Waals surface area contributed by atoms with Crippen molar-refractivity contribution in [1.82, 2.24) is 4.90 Å². The van der Waals surface area contributed by atoms with Crippen molar-refractivity contribution >= 4 is 0 Å². The van der Waals surface area contributed by atoms with Crippen LogP contribution in [-0.4, -0.2) is 36.7 Å². The van der Waals surface area contributed by atoms with Crippen LogP contribution in [0.5, 0.6) is 0 Å². The second-order valence-electron chi connectivity index (χ2n) is 3.85. The summed E-state index contributed by atoms with van der Waals surface area (Å²) in [6.07, 6.45) is 2.95. The molecule has 0 saturated carbocycles. The SMILES string of the molecule is CCCC(C#N)(CC)N1CCOCC1. The van der Waals surface area contributed by atoms with Crippen molar-refractivity contribution in [3.8, 4) is 6.07 Å². The highest BCUT2D eigenvalue weighted by Gasteiger charge is 2.35. The third-order valence-electron chi connectivity index (χ3n) is 3.07. The summed E-state index contributed by atoms with van der Waals surface area (Å²) in [6.45, 7) is 7.60. The first-order chi connectivity index (χ1) is 6.79. The second-order valence-corrected chi connectivity index (χ2v) is 3.85. The van der Waals surface area contributed by atoms with Crippen LogP contribution in [0.25, 0.3) is 0 Å². The number of morpholine rings is 1. The number of hydrogen-bond donors (Lipinski definition) is 0. The largest absolute Gasteiger partial charge is 0.379 e. The summed E-state index contributed by atoms with van der Waals surface area (Å²) in [5, 5.41) is 9.33. The van der Waals surface area contributed by atoms with Gasteiger partial charge in [-0.15, -0.1) is 0 Å². The van der Waals surface area contributed by atoms with E-state index in [-0.39, 0.29) is 5.54 Å². The highest BCUT2D eigenvalue weighted by molar-refractivity contribution is 5.07. The van der Waals surface area contributed by atoms with Gasteiger partial charge in [0.15, 0.2) is 0 Å². The third kappa shape index (κ3) is 2.26. The molecule has 0 aromatic carbocycles. The van der Waals surface area contributed by atoms with Crippen LogP contribution >= 0.6 is 0 Å². The maximum atomic E-state index is 9.33. The summed E-state index contributed by atoms with van der Waals surface area (Å²) in [6, 6.07) is 2.51. The maximum absolute atomic E-state index is 9.33. The van der Waals surface area contributed by atoms with Crippen molar-refractivity contribution in [2.75, 3.05) is 26.3 Å². The van der Waals surface area contributed by atoms with E-state index in [0.29, 0.717) is 0 Å². The fourth-order valence-electron chi connectivity index (χ4n) is 2.17. The summed E-state index contributed by atoms with van der Waals surface area (Å²) >= 11 is 0. The van der Waals surface area contributed by atoms with E-state index in [0.717, 1.165) is 45.6 Å². The maximum Gasteiger partial charge on any atom is 0.109 e. The first-order valence-corrected chi connectivity index (χ1v) is 5.53. The minimum absolute atomic E-state index is 0.238. The fraction of sp³-hybridized carbons (Fsp3) is 0.909. The van der Waals surface area contributed by atoms with E-state index in [1.807, 2.05) is 0 Å². The van der Waals surface area contributed by atoms with E-state index >= 15 is 0 Å². The molecule has 0 bridgehead atoms. The van der Waals surface area contributed by atoms with Crippen molar-refractivity contribution in [1.29, 1.82) is 5.26 Å². The van der Waals surface area contributed by atoms with E-state index in [4.69, 9.17) is 4.74 Å². The van der Waals surface area contributed by atoms with Gasteiger partial charge in [0.2, 0.25) is 0 Å². The van der Waals surface area contributed by atoms with E-state index in [2.05, 4.69) is 24.8 Å². The van der Waals surface area contributed by atoms with Crippen molar-refractivity contribution < 1.29 is 4.74 Å². The van der Waals surface area contributed by atoms with Crippen LogP contribution in [0.2, 0.25) is 0 Å². The molecule has 0 aromatic rings. The first kappa shape index (κ1) is 11.5. The second kappa shape index (κ2) is 5.33. The first-order valence-electron chi connectivity index (χ1n) is 5.53. The average Bonchev–Trinajstić information content (AvgIpc) is 2.27. The summed E-state index contributed by atoms with van der Waals surface area (Å²) < 4.78 is 5.31. The lowest BCUT2D eigenvalue weighted by Gasteiger charge is -2.40. The van der Waals surface area contributed by atoms with E-state index in [1.54, 1.807) is 0 Å². The Bertz CT molecular complexity index is 206. The molecule has 1 rings (SSSR count). The Morgan fingerprint density at radius 2 is 2.00 bits per heavy atom. The smallest absolute Gasteiger partial charge is 0.109 e. The van der Waals surface area contributed by atoms with Crippen LogP contribution in [-0.2, 0) is 4.74 Å². The number of nitriles is 1. The molecule has 3 nitrogen and oxygen atoms in total. The van der Waals surface area contributed by atoms with Gasteiger partial charge in [-0.3, -0.25) is 4.90 Å². The Labute approximate surface area is 86.6 Å². The summed E-state index contributed by atoms with van der Waals surface area (Å²) in [4.78, 5) is 2.29. The molecule has 14 heavy (non-hydrogen) atoms. The molecule has 1 aliphatic rings. The lowest BCUT2D eigenvalue weighted by atomic mass is 9.90. The molecule has 0 aromatic heterocycles. The van der Waals surface area contributed by atoms with Gasteiger partial charge in [0.05, 0.1) is 19.3 Å². The van der Waals surface area contributed by atoms with Gasteiger partial charge in [-0.2, -0.15) is 5.26 Å². The van der Waals surface area contributed by atoms with Gasteiger partial charge in [-0.25, -0.2) is 0 Å². The van der Waals surface area contributed by atoms with Gasteiger partial charge >= 0.3 is 0 Å². The number of rotatable bonds is 4. The lowest BCUT2D eigenvalue weighted by Crippen LogP contribution is -2.52. The Morgan fingerprint density at radius 1 is 1.36 bits per heavy atom. The Morgan fingerprint density at radius 3 is 2.43 bits per heavy atom. The molecule has 1 fully saturated rings. The predicted octanol–water partition coefficient (Wildman–Crippen LogP) is 1.79. The number of ether oxygens (including phenoxy) is 1.